The van der Waals surface area contributed by atoms with E-state index in [-0.39, 0.29) is 24.3 Å². The van der Waals surface area contributed by atoms with Crippen molar-refractivity contribution in [2.24, 2.45) is 5.92 Å². The SMILES string of the molecule is CS#CC1O[C@@H](c2ccc(C)c(Cc3ccc(CCC(C=O)CNCC(=O)N4CCN(CC(=O)N(C)C)CC4)cc3)c2)[C@H](O)[C@@H](O)[C@@H]1O. The molecule has 2 aromatic carbocycles. The van der Waals surface area contributed by atoms with Crippen LogP contribution in [0.15, 0.2) is 42.5 Å². The van der Waals surface area contributed by atoms with Crippen LogP contribution in [0.1, 0.15) is 40.3 Å². The summed E-state index contributed by atoms with van der Waals surface area (Å²) in [5.74, 6) is -0.148. The number of nitrogens with one attached hydrogen (secondary N) is 1. The van der Waals surface area contributed by atoms with E-state index in [1.165, 1.54) is 11.2 Å². The van der Waals surface area contributed by atoms with Crippen molar-refractivity contribution in [3.63, 3.8) is 0 Å². The maximum atomic E-state index is 12.7. The van der Waals surface area contributed by atoms with Crippen LogP contribution in [0.25, 0.3) is 0 Å². The van der Waals surface area contributed by atoms with Crippen LogP contribution >= 0.6 is 11.2 Å². The van der Waals surface area contributed by atoms with E-state index in [0.29, 0.717) is 52.1 Å². The van der Waals surface area contributed by atoms with Gasteiger partial charge in [0.1, 0.15) is 36.8 Å². The summed E-state index contributed by atoms with van der Waals surface area (Å²) in [4.78, 5) is 41.9. The van der Waals surface area contributed by atoms with Gasteiger partial charge >= 0.3 is 0 Å². The number of carbonyl (C=O) groups is 3. The number of hydrogen-bond acceptors (Lipinski definition) is 9. The van der Waals surface area contributed by atoms with Gasteiger partial charge in [-0.15, -0.1) is 11.2 Å². The van der Waals surface area contributed by atoms with E-state index in [1.807, 2.05) is 25.1 Å². The number of aldehydes is 1. The number of nitrogens with zero attached hydrogens (tertiary/aromatic N) is 3. The Balaban J connectivity index is 1.23. The zero-order chi connectivity index (χ0) is 34.8. The highest BCUT2D eigenvalue weighted by Gasteiger charge is 2.43. The predicted molar refractivity (Wildman–Crippen MR) is 186 cm³/mol. The Bertz CT molecular complexity index is 1450. The van der Waals surface area contributed by atoms with E-state index in [4.69, 9.17) is 4.74 Å². The molecular formula is C36H50N4O7S. The second-order valence-electron chi connectivity index (χ2n) is 13.0. The van der Waals surface area contributed by atoms with E-state index in [1.54, 1.807) is 30.2 Å². The van der Waals surface area contributed by atoms with Crippen LogP contribution in [0.5, 0.6) is 0 Å². The van der Waals surface area contributed by atoms with E-state index >= 15 is 0 Å². The fourth-order valence-electron chi connectivity index (χ4n) is 6.01. The summed E-state index contributed by atoms with van der Waals surface area (Å²) in [5, 5.41) is 37.5. The molecule has 0 aliphatic carbocycles. The number of aryl methyl sites for hydroxylation is 2. The van der Waals surface area contributed by atoms with Crippen molar-refractivity contribution < 1.29 is 34.4 Å². The molecule has 48 heavy (non-hydrogen) atoms. The number of likely N-dealkylation sites (N-methyl/N-ethyl adjacent to an activating group) is 1. The fraction of sp³-hybridized carbons (Fsp3) is 0.556. The number of rotatable bonds is 13. The Kier molecular flexibility index (Phi) is 14.1. The van der Waals surface area contributed by atoms with Gasteiger partial charge in [0.15, 0.2) is 0 Å². The highest BCUT2D eigenvalue weighted by Crippen LogP contribution is 2.33. The lowest BCUT2D eigenvalue weighted by Gasteiger charge is -2.39. The minimum absolute atomic E-state index is 0.00484. The first-order valence-electron chi connectivity index (χ1n) is 16.5. The summed E-state index contributed by atoms with van der Waals surface area (Å²) < 4.78 is 5.96. The van der Waals surface area contributed by atoms with Crippen molar-refractivity contribution in [2.45, 2.75) is 56.7 Å². The first-order valence-corrected chi connectivity index (χ1v) is 17.7. The quantitative estimate of drug-likeness (QED) is 0.228. The zero-order valence-electron chi connectivity index (χ0n) is 28.4. The molecule has 0 saturated carbocycles. The van der Waals surface area contributed by atoms with E-state index in [0.717, 1.165) is 40.5 Å². The summed E-state index contributed by atoms with van der Waals surface area (Å²) in [7, 11) is 3.48. The Labute approximate surface area is 287 Å². The lowest BCUT2D eigenvalue weighted by Crippen LogP contribution is -2.53. The van der Waals surface area contributed by atoms with Crippen LogP contribution in [0, 0.1) is 18.0 Å². The third kappa shape index (κ3) is 10.2. The van der Waals surface area contributed by atoms with Gasteiger partial charge in [-0.3, -0.25) is 14.5 Å². The molecule has 0 bridgehead atoms. The van der Waals surface area contributed by atoms with E-state index in [9.17, 15) is 29.7 Å². The van der Waals surface area contributed by atoms with E-state index < -0.39 is 30.5 Å². The lowest BCUT2D eigenvalue weighted by molar-refractivity contribution is -0.209. The third-order valence-electron chi connectivity index (χ3n) is 9.23. The Morgan fingerprint density at radius 3 is 2.38 bits per heavy atom. The Morgan fingerprint density at radius 1 is 1.04 bits per heavy atom. The number of amides is 2. The monoisotopic (exact) mass is 682 g/mol. The van der Waals surface area contributed by atoms with Crippen LogP contribution in [0.3, 0.4) is 0 Å². The van der Waals surface area contributed by atoms with Gasteiger partial charge in [0, 0.05) is 59.0 Å². The normalized spacial score (nSPS) is 23.6. The molecule has 2 unspecified atom stereocenters. The fourth-order valence-corrected chi connectivity index (χ4v) is 6.43. The predicted octanol–water partition coefficient (Wildman–Crippen LogP) is 1.00. The molecule has 6 atom stereocenters. The minimum atomic E-state index is -1.35. The van der Waals surface area contributed by atoms with Gasteiger partial charge in [-0.1, -0.05) is 47.6 Å². The van der Waals surface area contributed by atoms with Crippen LogP contribution in [-0.2, 0) is 32.0 Å². The number of piperazine rings is 1. The molecule has 2 fully saturated rings. The molecule has 0 aromatic heterocycles. The Hall–Kier alpha value is -3.19. The van der Waals surface area contributed by atoms with Crippen molar-refractivity contribution in [2.75, 3.05) is 66.2 Å². The highest BCUT2D eigenvalue weighted by atomic mass is 32.1. The van der Waals surface area contributed by atoms with Gasteiger partial charge in [-0.2, -0.15) is 0 Å². The van der Waals surface area contributed by atoms with Gasteiger partial charge in [-0.05, 0) is 54.0 Å². The molecule has 2 heterocycles. The minimum Gasteiger partial charge on any atom is -0.387 e. The second-order valence-corrected chi connectivity index (χ2v) is 13.6. The highest BCUT2D eigenvalue weighted by molar-refractivity contribution is 7.87. The van der Waals surface area contributed by atoms with Crippen molar-refractivity contribution >= 4 is 29.3 Å². The maximum Gasteiger partial charge on any atom is 0.236 e. The summed E-state index contributed by atoms with van der Waals surface area (Å²) >= 11 is 1.27. The molecule has 2 aliphatic rings. The van der Waals surface area contributed by atoms with Gasteiger partial charge in [-0.25, -0.2) is 0 Å². The Morgan fingerprint density at radius 2 is 1.73 bits per heavy atom. The first-order chi connectivity index (χ1) is 23.0. The molecule has 0 spiro atoms. The molecule has 12 heteroatoms. The van der Waals surface area contributed by atoms with E-state index in [2.05, 4.69) is 39.7 Å². The third-order valence-corrected chi connectivity index (χ3v) is 9.70. The molecule has 262 valence electrons. The topological polar surface area (TPSA) is 143 Å². The van der Waals surface area contributed by atoms with Crippen LogP contribution < -0.4 is 5.32 Å². The standard InChI is InChI=1S/C36H50N4O7S/c1-24-5-12-28(36-35(46)34(45)33(44)30(47-36)23-48-4)18-29(24)17-26-9-6-25(7-10-26)8-11-27(22-41)19-37-20-31(42)40-15-13-39(14-16-40)21-32(43)38(2)3/h5-7,9-10,12,18,22,27,30,33-37,44-46H,8,11,13-17,19-21H2,1-4H3/t27?,30?,33-,34+,35-,36+/m1/s1. The first kappa shape index (κ1) is 37.6. The molecule has 11 nitrogen and oxygen atoms in total. The number of carbonyl (C=O) groups excluding carboxylic acids is 3. The lowest BCUT2D eigenvalue weighted by atomic mass is 9.89. The molecule has 4 N–H and O–H groups in total. The van der Waals surface area contributed by atoms with Crippen molar-refractivity contribution in [1.29, 1.82) is 0 Å². The summed E-state index contributed by atoms with van der Waals surface area (Å²) in [6.07, 6.45) is -0.668. The smallest absolute Gasteiger partial charge is 0.236 e. The molecule has 2 amide bonds. The molecule has 0 radical (unpaired) electrons. The maximum absolute atomic E-state index is 12.7. The number of ether oxygens (including phenoxy) is 1. The summed E-state index contributed by atoms with van der Waals surface area (Å²) in [6.45, 7) is 5.51. The molecule has 2 aliphatic heterocycles. The molecular weight excluding hydrogens is 632 g/mol. The second kappa shape index (κ2) is 18.0. The zero-order valence-corrected chi connectivity index (χ0v) is 29.2. The number of aliphatic hydroxyl groups excluding tert-OH is 3. The largest absolute Gasteiger partial charge is 0.387 e. The van der Waals surface area contributed by atoms with Gasteiger partial charge < -0.3 is 40.0 Å². The van der Waals surface area contributed by atoms with Crippen molar-refractivity contribution in [1.82, 2.24) is 20.0 Å². The average Bonchev–Trinajstić information content (AvgIpc) is 3.08. The summed E-state index contributed by atoms with van der Waals surface area (Å²) in [5.41, 5.74) is 5.11. The number of benzene rings is 2. The molecule has 4 rings (SSSR count). The molecule has 2 saturated heterocycles. The number of aliphatic hydroxyl groups is 3. The average molecular weight is 683 g/mol. The van der Waals surface area contributed by atoms with Crippen molar-refractivity contribution in [3.05, 3.63) is 70.3 Å². The summed E-state index contributed by atoms with van der Waals surface area (Å²) in [6, 6.07) is 14.1. The molecule has 2 aromatic rings. The van der Waals surface area contributed by atoms with Gasteiger partial charge in [0.25, 0.3) is 0 Å². The van der Waals surface area contributed by atoms with Crippen molar-refractivity contribution in [3.8, 4) is 5.18 Å². The van der Waals surface area contributed by atoms with Gasteiger partial charge in [0.2, 0.25) is 11.8 Å². The van der Waals surface area contributed by atoms with Gasteiger partial charge in [0.05, 0.1) is 13.1 Å². The van der Waals surface area contributed by atoms with Crippen LogP contribution in [0.2, 0.25) is 0 Å². The number of hydrogen-bond donors (Lipinski definition) is 4. The van der Waals surface area contributed by atoms with Crippen LogP contribution in [0.4, 0.5) is 0 Å². The van der Waals surface area contributed by atoms with Crippen LogP contribution in [-0.4, -0.2) is 139 Å².